The van der Waals surface area contributed by atoms with Gasteiger partial charge in [0.15, 0.2) is 0 Å². The lowest BCUT2D eigenvalue weighted by molar-refractivity contribution is 0.374. The fraction of sp³-hybridized carbons (Fsp3) is 0.800. The van der Waals surface area contributed by atoms with Crippen LogP contribution in [0.4, 0.5) is 0 Å². The molecule has 0 saturated heterocycles. The Hall–Kier alpha value is -0.870. The molecule has 0 aliphatic heterocycles. The minimum atomic E-state index is 0.323. The SMILES string of the molecule is CCCn1cc(C(NN)C2C3C4CCC(C4)C32)cn1. The Morgan fingerprint density at radius 1 is 1.42 bits per heavy atom. The van der Waals surface area contributed by atoms with Crippen molar-refractivity contribution in [3.8, 4) is 0 Å². The van der Waals surface area contributed by atoms with Gasteiger partial charge < -0.3 is 0 Å². The summed E-state index contributed by atoms with van der Waals surface area (Å²) < 4.78 is 2.05. The summed E-state index contributed by atoms with van der Waals surface area (Å²) in [4.78, 5) is 0. The summed E-state index contributed by atoms with van der Waals surface area (Å²) in [5.41, 5.74) is 4.37. The van der Waals surface area contributed by atoms with Gasteiger partial charge in [0.05, 0.1) is 12.2 Å². The van der Waals surface area contributed by atoms with E-state index in [0.29, 0.717) is 6.04 Å². The molecule has 0 aromatic carbocycles. The highest BCUT2D eigenvalue weighted by Crippen LogP contribution is 2.72. The molecular formula is C15H24N4. The standard InChI is InChI=1S/C15H24N4/c1-2-5-19-8-11(7-17-19)15(18-16)14-12-9-3-4-10(6-9)13(12)14/h7-10,12-15,18H,2-6,16H2,1H3. The maximum atomic E-state index is 5.86. The number of rotatable bonds is 5. The number of aryl methyl sites for hydroxylation is 1. The van der Waals surface area contributed by atoms with Crippen LogP contribution >= 0.6 is 0 Å². The van der Waals surface area contributed by atoms with E-state index >= 15 is 0 Å². The van der Waals surface area contributed by atoms with Crippen molar-refractivity contribution in [2.24, 2.45) is 35.4 Å². The lowest BCUT2D eigenvalue weighted by Gasteiger charge is -2.18. The Balaban J connectivity index is 1.52. The summed E-state index contributed by atoms with van der Waals surface area (Å²) in [6.07, 6.45) is 9.75. The predicted molar refractivity (Wildman–Crippen MR) is 73.9 cm³/mol. The van der Waals surface area contributed by atoms with Crippen LogP contribution in [-0.2, 0) is 6.54 Å². The molecule has 0 radical (unpaired) electrons. The zero-order chi connectivity index (χ0) is 13.0. The van der Waals surface area contributed by atoms with Crippen LogP contribution < -0.4 is 11.3 Å². The molecule has 4 heteroatoms. The number of nitrogens with two attached hydrogens (primary N) is 1. The van der Waals surface area contributed by atoms with Crippen LogP contribution in [-0.4, -0.2) is 9.78 Å². The van der Waals surface area contributed by atoms with E-state index in [4.69, 9.17) is 5.84 Å². The summed E-state index contributed by atoms with van der Waals surface area (Å²) in [5.74, 6) is 10.5. The van der Waals surface area contributed by atoms with Crippen molar-refractivity contribution >= 4 is 0 Å². The lowest BCUT2D eigenvalue weighted by atomic mass is 9.95. The fourth-order valence-corrected chi connectivity index (χ4v) is 5.16. The first kappa shape index (κ1) is 11.9. The summed E-state index contributed by atoms with van der Waals surface area (Å²) in [6, 6.07) is 0.323. The summed E-state index contributed by atoms with van der Waals surface area (Å²) >= 11 is 0. The second kappa shape index (κ2) is 4.32. The molecule has 3 N–H and O–H groups in total. The van der Waals surface area contributed by atoms with Crippen molar-refractivity contribution in [1.29, 1.82) is 0 Å². The van der Waals surface area contributed by atoms with Gasteiger partial charge >= 0.3 is 0 Å². The molecule has 1 heterocycles. The van der Waals surface area contributed by atoms with Gasteiger partial charge in [-0.1, -0.05) is 6.92 Å². The Labute approximate surface area is 114 Å². The smallest absolute Gasteiger partial charge is 0.0538 e. The largest absolute Gasteiger partial charge is 0.272 e. The van der Waals surface area contributed by atoms with Gasteiger partial charge in [-0.05, 0) is 55.3 Å². The molecule has 3 saturated carbocycles. The first-order valence-corrected chi connectivity index (χ1v) is 7.82. The van der Waals surface area contributed by atoms with Crippen LogP contribution in [0.15, 0.2) is 12.4 Å². The average molecular weight is 260 g/mol. The summed E-state index contributed by atoms with van der Waals surface area (Å²) in [6.45, 7) is 3.18. The highest BCUT2D eigenvalue weighted by molar-refractivity contribution is 5.22. The zero-order valence-corrected chi connectivity index (χ0v) is 11.6. The number of aromatic nitrogens is 2. The molecule has 104 valence electrons. The Morgan fingerprint density at radius 3 is 2.79 bits per heavy atom. The van der Waals surface area contributed by atoms with Gasteiger partial charge in [0.25, 0.3) is 0 Å². The van der Waals surface area contributed by atoms with Crippen molar-refractivity contribution in [3.05, 3.63) is 18.0 Å². The lowest BCUT2D eigenvalue weighted by Crippen LogP contribution is -2.31. The Morgan fingerprint density at radius 2 is 2.16 bits per heavy atom. The highest BCUT2D eigenvalue weighted by atomic mass is 15.3. The van der Waals surface area contributed by atoms with Crippen LogP contribution in [0.25, 0.3) is 0 Å². The van der Waals surface area contributed by atoms with E-state index < -0.39 is 0 Å². The maximum Gasteiger partial charge on any atom is 0.0538 e. The molecule has 3 fully saturated rings. The second-order valence-corrected chi connectivity index (χ2v) is 6.75. The van der Waals surface area contributed by atoms with Gasteiger partial charge in [0.1, 0.15) is 0 Å². The van der Waals surface area contributed by atoms with Crippen LogP contribution in [0.5, 0.6) is 0 Å². The van der Waals surface area contributed by atoms with Crippen LogP contribution in [0.3, 0.4) is 0 Å². The molecule has 1 aromatic rings. The topological polar surface area (TPSA) is 55.9 Å². The molecular weight excluding hydrogens is 236 g/mol. The molecule has 3 aliphatic rings. The number of nitrogens with one attached hydrogen (secondary N) is 1. The van der Waals surface area contributed by atoms with Gasteiger partial charge in [-0.25, -0.2) is 0 Å². The third-order valence-electron chi connectivity index (χ3n) is 5.82. The van der Waals surface area contributed by atoms with E-state index in [2.05, 4.69) is 23.6 Å². The highest BCUT2D eigenvalue weighted by Gasteiger charge is 2.66. The fourth-order valence-electron chi connectivity index (χ4n) is 5.16. The van der Waals surface area contributed by atoms with Crippen molar-refractivity contribution in [2.75, 3.05) is 0 Å². The van der Waals surface area contributed by atoms with E-state index in [9.17, 15) is 0 Å². The van der Waals surface area contributed by atoms with E-state index in [1.165, 1.54) is 24.8 Å². The Kier molecular flexibility index (Phi) is 2.71. The number of nitrogens with zero attached hydrogens (tertiary/aromatic N) is 2. The van der Waals surface area contributed by atoms with Gasteiger partial charge in [0.2, 0.25) is 0 Å². The van der Waals surface area contributed by atoms with Gasteiger partial charge in [0, 0.05) is 18.3 Å². The summed E-state index contributed by atoms with van der Waals surface area (Å²) in [5, 5.41) is 4.45. The van der Waals surface area contributed by atoms with Gasteiger partial charge in [-0.3, -0.25) is 16.0 Å². The molecule has 4 rings (SSSR count). The van der Waals surface area contributed by atoms with Crippen molar-refractivity contribution in [1.82, 2.24) is 15.2 Å². The van der Waals surface area contributed by atoms with Crippen LogP contribution in [0, 0.1) is 29.6 Å². The van der Waals surface area contributed by atoms with E-state index in [1.54, 1.807) is 0 Å². The number of hydrogen-bond donors (Lipinski definition) is 2. The third-order valence-corrected chi connectivity index (χ3v) is 5.82. The van der Waals surface area contributed by atoms with Crippen LogP contribution in [0.2, 0.25) is 0 Å². The van der Waals surface area contributed by atoms with Crippen molar-refractivity contribution < 1.29 is 0 Å². The second-order valence-electron chi connectivity index (χ2n) is 6.75. The van der Waals surface area contributed by atoms with Crippen LogP contribution in [0.1, 0.15) is 44.2 Å². The predicted octanol–water partition coefficient (Wildman–Crippen LogP) is 2.09. The zero-order valence-electron chi connectivity index (χ0n) is 11.6. The van der Waals surface area contributed by atoms with E-state index in [0.717, 1.165) is 42.6 Å². The van der Waals surface area contributed by atoms with Crippen molar-refractivity contribution in [2.45, 2.75) is 45.2 Å². The minimum Gasteiger partial charge on any atom is -0.272 e. The average Bonchev–Trinajstić information content (AvgIpc) is 2.81. The number of hydrogen-bond acceptors (Lipinski definition) is 3. The number of fused-ring (bicyclic) bond motifs is 5. The molecule has 1 aromatic heterocycles. The molecule has 19 heavy (non-hydrogen) atoms. The Bertz CT molecular complexity index is 452. The minimum absolute atomic E-state index is 0.323. The van der Waals surface area contributed by atoms with Crippen molar-refractivity contribution in [3.63, 3.8) is 0 Å². The van der Waals surface area contributed by atoms with Gasteiger partial charge in [-0.15, -0.1) is 0 Å². The number of hydrazine groups is 1. The molecule has 4 nitrogen and oxygen atoms in total. The first-order chi connectivity index (χ1) is 9.33. The quantitative estimate of drug-likeness (QED) is 0.629. The first-order valence-electron chi connectivity index (χ1n) is 7.82. The molecule has 5 unspecified atom stereocenters. The normalized spacial score (nSPS) is 40.4. The molecule has 3 aliphatic carbocycles. The van der Waals surface area contributed by atoms with E-state index in [-0.39, 0.29) is 0 Å². The summed E-state index contributed by atoms with van der Waals surface area (Å²) in [7, 11) is 0. The van der Waals surface area contributed by atoms with Gasteiger partial charge in [-0.2, -0.15) is 5.10 Å². The molecule has 5 atom stereocenters. The molecule has 0 spiro atoms. The maximum absolute atomic E-state index is 5.86. The monoisotopic (exact) mass is 260 g/mol. The van der Waals surface area contributed by atoms with E-state index in [1.807, 2.05) is 10.9 Å². The third kappa shape index (κ3) is 1.69. The molecule has 0 amide bonds. The molecule has 2 bridgehead atoms.